The van der Waals surface area contributed by atoms with Crippen molar-refractivity contribution in [3.05, 3.63) is 64.6 Å². The lowest BCUT2D eigenvalue weighted by Crippen LogP contribution is -2.31. The Kier molecular flexibility index (Phi) is 5.54. The predicted octanol–water partition coefficient (Wildman–Crippen LogP) is 2.68. The van der Waals surface area contributed by atoms with Gasteiger partial charge in [0.2, 0.25) is 5.91 Å². The number of aromatic nitrogens is 2. The van der Waals surface area contributed by atoms with Gasteiger partial charge in [-0.15, -0.1) is 11.3 Å². The van der Waals surface area contributed by atoms with Crippen molar-refractivity contribution >= 4 is 57.7 Å². The Morgan fingerprint density at radius 1 is 1.31 bits per heavy atom. The molecule has 0 radical (unpaired) electrons. The summed E-state index contributed by atoms with van der Waals surface area (Å²) in [6.07, 6.45) is 3.31. The van der Waals surface area contributed by atoms with Gasteiger partial charge in [0.15, 0.2) is 17.5 Å². The van der Waals surface area contributed by atoms with Crippen LogP contribution in [-0.2, 0) is 16.6 Å². The Labute approximate surface area is 174 Å². The van der Waals surface area contributed by atoms with E-state index in [-0.39, 0.29) is 23.5 Å². The first-order valence-corrected chi connectivity index (χ1v) is 10.5. The summed E-state index contributed by atoms with van der Waals surface area (Å²) in [4.78, 5) is 32.2. The second-order valence-electron chi connectivity index (χ2n) is 5.99. The molecular weight excluding hydrogens is 410 g/mol. The predicted molar refractivity (Wildman–Crippen MR) is 112 cm³/mol. The first kappa shape index (κ1) is 19.1. The third-order valence-electron chi connectivity index (χ3n) is 3.83. The summed E-state index contributed by atoms with van der Waals surface area (Å²) in [6, 6.07) is 13.1. The molecule has 4 rings (SSSR count). The molecular formula is C19H16N5O3S2+. The summed E-state index contributed by atoms with van der Waals surface area (Å²) in [6.45, 7) is 0. The van der Waals surface area contributed by atoms with Crippen molar-refractivity contribution in [3.8, 4) is 0 Å². The number of thiophene rings is 1. The van der Waals surface area contributed by atoms with E-state index in [1.54, 1.807) is 19.3 Å². The van der Waals surface area contributed by atoms with Gasteiger partial charge in [-0.2, -0.15) is 0 Å². The minimum absolute atomic E-state index is 0.0616. The Morgan fingerprint density at radius 3 is 2.83 bits per heavy atom. The molecule has 0 atom stereocenters. The smallest absolute Gasteiger partial charge is 0.288 e. The highest BCUT2D eigenvalue weighted by atomic mass is 32.2. The number of aliphatic imine (C=N–C) groups is 1. The number of para-hydroxylation sites is 1. The van der Waals surface area contributed by atoms with E-state index in [4.69, 9.17) is 4.52 Å². The van der Waals surface area contributed by atoms with Gasteiger partial charge in [-0.3, -0.25) is 24.3 Å². The zero-order valence-corrected chi connectivity index (χ0v) is 16.9. The minimum Gasteiger partial charge on any atom is -0.288 e. The third kappa shape index (κ3) is 4.44. The van der Waals surface area contributed by atoms with Crippen LogP contribution in [0, 0.1) is 0 Å². The molecule has 3 aromatic rings. The van der Waals surface area contributed by atoms with Crippen LogP contribution < -0.4 is 14.9 Å². The largest absolute Gasteiger partial charge is 0.302 e. The van der Waals surface area contributed by atoms with Crippen LogP contribution in [0.15, 0.2) is 69.3 Å². The van der Waals surface area contributed by atoms with Gasteiger partial charge in [-0.25, -0.2) is 4.99 Å². The first-order valence-electron chi connectivity index (χ1n) is 8.59. The molecule has 2 amide bonds. The van der Waals surface area contributed by atoms with Gasteiger partial charge in [-0.1, -0.05) is 40.7 Å². The summed E-state index contributed by atoms with van der Waals surface area (Å²) in [5.41, 5.74) is 1.03. The second-order valence-corrected chi connectivity index (χ2v) is 7.91. The number of carbonyl (C=O) groups excluding carboxylic acids is 2. The van der Waals surface area contributed by atoms with Gasteiger partial charge in [0.25, 0.3) is 12.1 Å². The van der Waals surface area contributed by atoms with E-state index in [1.165, 1.54) is 32.7 Å². The molecule has 0 fully saturated rings. The van der Waals surface area contributed by atoms with E-state index in [1.807, 2.05) is 47.8 Å². The molecule has 1 aliphatic heterocycles. The summed E-state index contributed by atoms with van der Waals surface area (Å²) < 4.78 is 6.40. The zero-order valence-electron chi connectivity index (χ0n) is 15.3. The number of anilines is 2. The molecule has 1 aliphatic rings. The van der Waals surface area contributed by atoms with Crippen LogP contribution in [0.1, 0.15) is 4.88 Å². The second kappa shape index (κ2) is 8.41. The molecule has 0 unspecified atom stereocenters. The number of aryl methyl sites for hydroxylation is 1. The molecule has 2 aromatic heterocycles. The van der Waals surface area contributed by atoms with Crippen molar-refractivity contribution in [1.82, 2.24) is 5.27 Å². The number of thioether (sulfide) groups is 1. The summed E-state index contributed by atoms with van der Waals surface area (Å²) in [5.74, 6) is -0.201. The van der Waals surface area contributed by atoms with E-state index in [2.05, 4.69) is 15.6 Å². The number of hydrogen-bond donors (Lipinski definition) is 1. The van der Waals surface area contributed by atoms with Gasteiger partial charge >= 0.3 is 5.88 Å². The molecule has 8 nitrogen and oxygen atoms in total. The highest BCUT2D eigenvalue weighted by molar-refractivity contribution is 8.14. The van der Waals surface area contributed by atoms with Crippen molar-refractivity contribution in [1.29, 1.82) is 0 Å². The lowest BCUT2D eigenvalue weighted by atomic mass is 10.3. The summed E-state index contributed by atoms with van der Waals surface area (Å²) in [7, 11) is 1.69. The Bertz CT molecular complexity index is 1090. The van der Waals surface area contributed by atoms with Crippen molar-refractivity contribution < 1.29 is 18.8 Å². The molecule has 3 heterocycles. The lowest BCUT2D eigenvalue weighted by Gasteiger charge is -2.17. The molecule has 29 heavy (non-hydrogen) atoms. The van der Waals surface area contributed by atoms with Gasteiger partial charge in [0, 0.05) is 4.88 Å². The van der Waals surface area contributed by atoms with Crippen LogP contribution in [0.4, 0.5) is 11.6 Å². The average molecular weight is 427 g/mol. The number of amidine groups is 1. The average Bonchev–Trinajstić information content (AvgIpc) is 3.44. The normalized spacial score (nSPS) is 15.1. The summed E-state index contributed by atoms with van der Waals surface area (Å²) in [5, 5.41) is 8.66. The number of rotatable bonds is 5. The molecule has 1 aromatic carbocycles. The number of nitrogens with one attached hydrogen (secondary N) is 1. The third-order valence-corrected chi connectivity index (χ3v) is 5.59. The van der Waals surface area contributed by atoms with Crippen molar-refractivity contribution in [2.24, 2.45) is 12.0 Å². The lowest BCUT2D eigenvalue weighted by molar-refractivity contribution is -0.739. The molecule has 0 bridgehead atoms. The van der Waals surface area contributed by atoms with Crippen molar-refractivity contribution in [2.45, 2.75) is 0 Å². The highest BCUT2D eigenvalue weighted by Gasteiger charge is 2.32. The van der Waals surface area contributed by atoms with Crippen LogP contribution >= 0.6 is 23.1 Å². The number of benzene rings is 1. The summed E-state index contributed by atoms with van der Waals surface area (Å²) >= 11 is 2.70. The molecule has 0 saturated carbocycles. The molecule has 0 spiro atoms. The van der Waals surface area contributed by atoms with E-state index >= 15 is 0 Å². The zero-order chi connectivity index (χ0) is 20.2. The van der Waals surface area contributed by atoms with Crippen molar-refractivity contribution in [3.63, 3.8) is 0 Å². The van der Waals surface area contributed by atoms with E-state index in [0.29, 0.717) is 16.6 Å². The van der Waals surface area contributed by atoms with Crippen LogP contribution in [0.25, 0.3) is 6.08 Å². The van der Waals surface area contributed by atoms with Crippen molar-refractivity contribution in [2.75, 3.05) is 16.0 Å². The fourth-order valence-electron chi connectivity index (χ4n) is 2.59. The van der Waals surface area contributed by atoms with Crippen LogP contribution in [0.2, 0.25) is 0 Å². The maximum absolute atomic E-state index is 13.0. The standard InChI is InChI=1S/C19H15N5O3S2/c1-23-11-17(27-22-23)21-16(25)12-29-19-20-15(10-14-8-5-9-28-14)18(26)24(19)13-6-3-2-4-7-13/h2-11H,12H2,1H3/p+1/b15-10+. The van der Waals surface area contributed by atoms with Gasteiger partial charge in [-0.05, 0) is 29.7 Å². The molecule has 146 valence electrons. The molecule has 10 heteroatoms. The number of nitrogens with zero attached hydrogens (tertiary/aromatic N) is 4. The number of amides is 2. The maximum atomic E-state index is 13.0. The number of carbonyl (C=O) groups is 2. The molecule has 1 N–H and O–H groups in total. The molecule has 0 aliphatic carbocycles. The van der Waals surface area contributed by atoms with E-state index in [0.717, 1.165) is 4.88 Å². The monoisotopic (exact) mass is 426 g/mol. The van der Waals surface area contributed by atoms with Gasteiger partial charge < -0.3 is 0 Å². The van der Waals surface area contributed by atoms with E-state index < -0.39 is 0 Å². The highest BCUT2D eigenvalue weighted by Crippen LogP contribution is 2.29. The SMILES string of the molecule is C[n+]1cc(NC(=O)CSC2=N/C(=C/c3cccs3)C(=O)N2c2ccccc2)on1. The first-order chi connectivity index (χ1) is 14.1. The minimum atomic E-state index is -0.286. The fourth-order valence-corrected chi connectivity index (χ4v) is 4.05. The van der Waals surface area contributed by atoms with Crippen LogP contribution in [-0.4, -0.2) is 28.0 Å². The van der Waals surface area contributed by atoms with Crippen LogP contribution in [0.5, 0.6) is 0 Å². The topological polar surface area (TPSA) is 91.7 Å². The van der Waals surface area contributed by atoms with Gasteiger partial charge in [0.1, 0.15) is 5.70 Å². The Hall–Kier alpha value is -3.24. The maximum Gasteiger partial charge on any atom is 0.302 e. The molecule has 0 saturated heterocycles. The Balaban J connectivity index is 1.54. The quantitative estimate of drug-likeness (QED) is 0.500. The Morgan fingerprint density at radius 2 is 2.14 bits per heavy atom. The fraction of sp³-hybridized carbons (Fsp3) is 0.105. The number of hydrogen-bond acceptors (Lipinski definition) is 7. The van der Waals surface area contributed by atoms with E-state index in [9.17, 15) is 9.59 Å². The van der Waals surface area contributed by atoms with Gasteiger partial charge in [0.05, 0.1) is 11.4 Å². The van der Waals surface area contributed by atoms with Crippen LogP contribution in [0.3, 0.4) is 0 Å².